The third-order valence-electron chi connectivity index (χ3n) is 3.93. The summed E-state index contributed by atoms with van der Waals surface area (Å²) in [6.07, 6.45) is 0. The molecule has 0 aliphatic carbocycles. The summed E-state index contributed by atoms with van der Waals surface area (Å²) < 4.78 is 7.02. The maximum atomic E-state index is 12.1. The Morgan fingerprint density at radius 2 is 1.79 bits per heavy atom. The van der Waals surface area contributed by atoms with E-state index in [0.717, 1.165) is 17.3 Å². The van der Waals surface area contributed by atoms with Gasteiger partial charge in [0.2, 0.25) is 5.91 Å². The Morgan fingerprint density at radius 1 is 1.11 bits per heavy atom. The zero-order chi connectivity index (χ0) is 19.9. The Kier molecular flexibility index (Phi) is 6.78. The van der Waals surface area contributed by atoms with E-state index in [1.807, 2.05) is 35.9 Å². The van der Waals surface area contributed by atoms with Crippen molar-refractivity contribution in [3.63, 3.8) is 0 Å². The van der Waals surface area contributed by atoms with E-state index in [2.05, 4.69) is 20.8 Å². The van der Waals surface area contributed by atoms with E-state index < -0.39 is 0 Å². The van der Waals surface area contributed by atoms with E-state index in [4.69, 9.17) is 16.3 Å². The van der Waals surface area contributed by atoms with Crippen molar-refractivity contribution < 1.29 is 9.53 Å². The topological polar surface area (TPSA) is 81.1 Å². The standard InChI is InChI=1S/C19H20ClN5O2S/c1-25-17(11-21-14-7-9-16(27-2)10-8-14)23-24-19(25)28-12-18(26)22-15-5-3-13(20)4-6-15/h3-10,21H,11-12H2,1-2H3,(H,22,26). The van der Waals surface area contributed by atoms with E-state index in [9.17, 15) is 4.79 Å². The molecule has 1 heterocycles. The lowest BCUT2D eigenvalue weighted by Gasteiger charge is -2.08. The number of hydrogen-bond acceptors (Lipinski definition) is 6. The molecule has 0 spiro atoms. The molecule has 0 saturated heterocycles. The molecule has 0 radical (unpaired) electrons. The number of methoxy groups -OCH3 is 1. The smallest absolute Gasteiger partial charge is 0.234 e. The van der Waals surface area contributed by atoms with Crippen LogP contribution in [0.3, 0.4) is 0 Å². The normalized spacial score (nSPS) is 10.5. The van der Waals surface area contributed by atoms with Crippen LogP contribution in [-0.4, -0.2) is 33.5 Å². The van der Waals surface area contributed by atoms with Crippen molar-refractivity contribution in [1.29, 1.82) is 0 Å². The Balaban J connectivity index is 1.50. The minimum atomic E-state index is -0.117. The van der Waals surface area contributed by atoms with Gasteiger partial charge in [-0.3, -0.25) is 4.79 Å². The lowest BCUT2D eigenvalue weighted by molar-refractivity contribution is -0.113. The molecule has 0 bridgehead atoms. The Labute approximate surface area is 172 Å². The van der Waals surface area contributed by atoms with Crippen molar-refractivity contribution in [3.05, 3.63) is 59.4 Å². The second-order valence-corrected chi connectivity index (χ2v) is 7.26. The minimum Gasteiger partial charge on any atom is -0.497 e. The maximum Gasteiger partial charge on any atom is 0.234 e. The number of rotatable bonds is 8. The molecule has 9 heteroatoms. The number of hydrogen-bond donors (Lipinski definition) is 2. The largest absolute Gasteiger partial charge is 0.497 e. The van der Waals surface area contributed by atoms with Gasteiger partial charge in [-0.2, -0.15) is 0 Å². The summed E-state index contributed by atoms with van der Waals surface area (Å²) >= 11 is 7.17. The maximum absolute atomic E-state index is 12.1. The molecule has 0 unspecified atom stereocenters. The van der Waals surface area contributed by atoms with E-state index in [1.165, 1.54) is 11.8 Å². The first kappa shape index (κ1) is 20.0. The van der Waals surface area contributed by atoms with Crippen molar-refractivity contribution >= 4 is 40.6 Å². The van der Waals surface area contributed by atoms with Gasteiger partial charge >= 0.3 is 0 Å². The van der Waals surface area contributed by atoms with Crippen LogP contribution in [0.2, 0.25) is 5.02 Å². The Morgan fingerprint density at radius 3 is 2.46 bits per heavy atom. The summed E-state index contributed by atoms with van der Waals surface area (Å²) in [7, 11) is 3.52. The molecule has 28 heavy (non-hydrogen) atoms. The monoisotopic (exact) mass is 417 g/mol. The first-order valence-corrected chi connectivity index (χ1v) is 9.86. The fraction of sp³-hybridized carbons (Fsp3) is 0.211. The van der Waals surface area contributed by atoms with E-state index in [0.29, 0.717) is 22.4 Å². The number of nitrogens with one attached hydrogen (secondary N) is 2. The molecule has 0 aliphatic heterocycles. The van der Waals surface area contributed by atoms with Gasteiger partial charge in [0.1, 0.15) is 5.75 Å². The number of nitrogens with zero attached hydrogens (tertiary/aromatic N) is 3. The van der Waals surface area contributed by atoms with Crippen LogP contribution in [0.5, 0.6) is 5.75 Å². The molecule has 0 aliphatic rings. The molecule has 0 fully saturated rings. The van der Waals surface area contributed by atoms with Crippen LogP contribution in [-0.2, 0) is 18.4 Å². The highest BCUT2D eigenvalue weighted by atomic mass is 35.5. The summed E-state index contributed by atoms with van der Waals surface area (Å²) in [6, 6.07) is 14.6. The Hall–Kier alpha value is -2.71. The molecular formula is C19H20ClN5O2S. The average Bonchev–Trinajstić information content (AvgIpc) is 3.06. The van der Waals surface area contributed by atoms with Crippen LogP contribution in [0, 0.1) is 0 Å². The molecular weight excluding hydrogens is 398 g/mol. The number of carbonyl (C=O) groups is 1. The van der Waals surface area contributed by atoms with Gasteiger partial charge in [-0.15, -0.1) is 10.2 Å². The highest BCUT2D eigenvalue weighted by Gasteiger charge is 2.11. The molecule has 0 atom stereocenters. The summed E-state index contributed by atoms with van der Waals surface area (Å²) in [5.41, 5.74) is 1.66. The number of anilines is 2. The predicted molar refractivity (Wildman–Crippen MR) is 112 cm³/mol. The quantitative estimate of drug-likeness (QED) is 0.542. The van der Waals surface area contributed by atoms with Crippen LogP contribution in [0.1, 0.15) is 5.82 Å². The molecule has 0 saturated carbocycles. The predicted octanol–water partition coefficient (Wildman–Crippen LogP) is 3.82. The van der Waals surface area contributed by atoms with Gasteiger partial charge in [-0.05, 0) is 48.5 Å². The first-order valence-electron chi connectivity index (χ1n) is 8.49. The molecule has 2 aromatic carbocycles. The van der Waals surface area contributed by atoms with E-state index in [1.54, 1.807) is 31.4 Å². The van der Waals surface area contributed by atoms with Crippen LogP contribution in [0.15, 0.2) is 53.7 Å². The molecule has 1 amide bonds. The number of aromatic nitrogens is 3. The van der Waals surface area contributed by atoms with Crippen molar-refractivity contribution in [2.75, 3.05) is 23.5 Å². The zero-order valence-electron chi connectivity index (χ0n) is 15.5. The number of thioether (sulfide) groups is 1. The highest BCUT2D eigenvalue weighted by Crippen LogP contribution is 2.19. The average molecular weight is 418 g/mol. The van der Waals surface area contributed by atoms with Crippen LogP contribution >= 0.6 is 23.4 Å². The number of halogens is 1. The van der Waals surface area contributed by atoms with Crippen LogP contribution in [0.25, 0.3) is 0 Å². The third-order valence-corrected chi connectivity index (χ3v) is 5.20. The number of benzene rings is 2. The lowest BCUT2D eigenvalue weighted by Crippen LogP contribution is -2.14. The SMILES string of the molecule is COc1ccc(NCc2nnc(SCC(=O)Nc3ccc(Cl)cc3)n2C)cc1. The second kappa shape index (κ2) is 9.48. The van der Waals surface area contributed by atoms with E-state index in [-0.39, 0.29) is 11.7 Å². The van der Waals surface area contributed by atoms with Crippen LogP contribution < -0.4 is 15.4 Å². The summed E-state index contributed by atoms with van der Waals surface area (Å²) in [4.78, 5) is 12.1. The fourth-order valence-corrected chi connectivity index (χ4v) is 3.23. The van der Waals surface area contributed by atoms with Crippen molar-refractivity contribution in [2.24, 2.45) is 7.05 Å². The van der Waals surface area contributed by atoms with Crippen LogP contribution in [0.4, 0.5) is 11.4 Å². The number of ether oxygens (including phenoxy) is 1. The summed E-state index contributed by atoms with van der Waals surface area (Å²) in [5, 5.41) is 15.8. The van der Waals surface area contributed by atoms with E-state index >= 15 is 0 Å². The van der Waals surface area contributed by atoms with Gasteiger partial charge in [0.25, 0.3) is 0 Å². The van der Waals surface area contributed by atoms with Gasteiger partial charge in [0, 0.05) is 23.4 Å². The molecule has 1 aromatic heterocycles. The number of amides is 1. The number of carbonyl (C=O) groups excluding carboxylic acids is 1. The van der Waals surface area contributed by atoms with Gasteiger partial charge in [-0.1, -0.05) is 23.4 Å². The Bertz CT molecular complexity index is 929. The molecule has 146 valence electrons. The highest BCUT2D eigenvalue weighted by molar-refractivity contribution is 7.99. The van der Waals surface area contributed by atoms with Gasteiger partial charge < -0.3 is 19.9 Å². The van der Waals surface area contributed by atoms with Gasteiger partial charge in [0.05, 0.1) is 19.4 Å². The molecule has 2 N–H and O–H groups in total. The van der Waals surface area contributed by atoms with Crippen molar-refractivity contribution in [1.82, 2.24) is 14.8 Å². The van der Waals surface area contributed by atoms with Crippen molar-refractivity contribution in [2.45, 2.75) is 11.7 Å². The van der Waals surface area contributed by atoms with Gasteiger partial charge in [-0.25, -0.2) is 0 Å². The first-order chi connectivity index (χ1) is 13.5. The fourth-order valence-electron chi connectivity index (χ4n) is 2.38. The molecule has 3 aromatic rings. The van der Waals surface area contributed by atoms with Gasteiger partial charge in [0.15, 0.2) is 11.0 Å². The second-order valence-electron chi connectivity index (χ2n) is 5.88. The van der Waals surface area contributed by atoms with Crippen molar-refractivity contribution in [3.8, 4) is 5.75 Å². The zero-order valence-corrected chi connectivity index (χ0v) is 17.0. The molecule has 7 nitrogen and oxygen atoms in total. The lowest BCUT2D eigenvalue weighted by atomic mass is 10.3. The molecule has 3 rings (SSSR count). The minimum absolute atomic E-state index is 0.117. The third kappa shape index (κ3) is 5.40. The summed E-state index contributed by atoms with van der Waals surface area (Å²) in [5.74, 6) is 1.70. The summed E-state index contributed by atoms with van der Waals surface area (Å²) in [6.45, 7) is 0.521.